The maximum absolute atomic E-state index is 14.0. The molecule has 0 aliphatic heterocycles. The van der Waals surface area contributed by atoms with Crippen LogP contribution in [0.15, 0.2) is 131 Å². The molecule has 2 aromatic heterocycles. The number of ketones is 1. The van der Waals surface area contributed by atoms with Crippen LogP contribution in [0.2, 0.25) is 0 Å². The van der Waals surface area contributed by atoms with Crippen LogP contribution in [-0.2, 0) is 6.54 Å². The molecular weight excluding hydrogens is 510 g/mol. The largest absolute Gasteiger partial charge is 0.329 e. The van der Waals surface area contributed by atoms with Gasteiger partial charge < -0.3 is 0 Å². The van der Waals surface area contributed by atoms with Gasteiger partial charge in [0.05, 0.1) is 28.5 Å². The lowest BCUT2D eigenvalue weighted by Crippen LogP contribution is -2.30. The fraction of sp³-hybridized carbons (Fsp3) is 0.0286. The van der Waals surface area contributed by atoms with Crippen LogP contribution in [0.25, 0.3) is 43.8 Å². The molecule has 0 saturated heterocycles. The lowest BCUT2D eigenvalue weighted by Gasteiger charge is -2.13. The quantitative estimate of drug-likeness (QED) is 0.207. The van der Waals surface area contributed by atoms with E-state index in [2.05, 4.69) is 4.98 Å². The van der Waals surface area contributed by atoms with Crippen molar-refractivity contribution in [3.63, 3.8) is 0 Å². The Labute approximate surface area is 234 Å². The van der Waals surface area contributed by atoms with Gasteiger partial charge in [-0.25, -0.2) is 9.78 Å². The normalized spacial score (nSPS) is 11.3. The monoisotopic (exact) mass is 533 g/mol. The molecule has 41 heavy (non-hydrogen) atoms. The summed E-state index contributed by atoms with van der Waals surface area (Å²) in [5, 5.41) is 2.17. The molecule has 0 unspecified atom stereocenters. The van der Waals surface area contributed by atoms with Gasteiger partial charge in [-0.2, -0.15) is 0 Å². The van der Waals surface area contributed by atoms with E-state index in [1.807, 2.05) is 84.9 Å². The first kappa shape index (κ1) is 24.4. The number of pyridine rings is 1. The number of fused-ring (bicyclic) bond motifs is 3. The van der Waals surface area contributed by atoms with Crippen molar-refractivity contribution >= 4 is 38.5 Å². The second-order valence-electron chi connectivity index (χ2n) is 10.00. The Kier molecular flexibility index (Phi) is 5.86. The van der Waals surface area contributed by atoms with Gasteiger partial charge in [-0.05, 0) is 47.5 Å². The Morgan fingerprint density at radius 3 is 2.39 bits per heavy atom. The molecule has 7 rings (SSSR count). The van der Waals surface area contributed by atoms with Gasteiger partial charge in [-0.3, -0.25) is 19.1 Å². The highest BCUT2D eigenvalue weighted by atomic mass is 16.2. The summed E-state index contributed by atoms with van der Waals surface area (Å²) < 4.78 is 1.51. The van der Waals surface area contributed by atoms with E-state index in [1.165, 1.54) is 4.57 Å². The summed E-state index contributed by atoms with van der Waals surface area (Å²) in [6, 6.07) is 38.1. The van der Waals surface area contributed by atoms with Gasteiger partial charge in [0.25, 0.3) is 5.56 Å². The number of nitrogens with zero attached hydrogens (tertiary/aromatic N) is 2. The van der Waals surface area contributed by atoms with Gasteiger partial charge in [0.15, 0.2) is 5.78 Å². The number of para-hydroxylation sites is 2. The van der Waals surface area contributed by atoms with E-state index < -0.39 is 11.2 Å². The standard InChI is InChI=1S/C35H23N3O3/c39-33(25-13-8-9-22(19-25)21-38-31-16-7-5-14-28(31)34(40)37-35(38)41)27-18-17-26(23-10-2-1-3-11-23)32-29(27)20-24-12-4-6-15-30(24)36-32/h1-20H,21H2,(H,37,40,41). The molecule has 0 amide bonds. The van der Waals surface area contributed by atoms with Crippen molar-refractivity contribution in [2.75, 3.05) is 0 Å². The van der Waals surface area contributed by atoms with E-state index in [1.54, 1.807) is 36.4 Å². The summed E-state index contributed by atoms with van der Waals surface area (Å²) in [5.41, 5.74) is 5.07. The summed E-state index contributed by atoms with van der Waals surface area (Å²) in [7, 11) is 0. The summed E-state index contributed by atoms with van der Waals surface area (Å²) >= 11 is 0. The van der Waals surface area contributed by atoms with Crippen molar-refractivity contribution in [1.29, 1.82) is 0 Å². The highest BCUT2D eigenvalue weighted by Crippen LogP contribution is 2.33. The molecule has 2 heterocycles. The zero-order valence-corrected chi connectivity index (χ0v) is 21.9. The lowest BCUT2D eigenvalue weighted by molar-refractivity contribution is 0.104. The van der Waals surface area contributed by atoms with Crippen molar-refractivity contribution in [1.82, 2.24) is 14.5 Å². The number of hydrogen-bond acceptors (Lipinski definition) is 4. The van der Waals surface area contributed by atoms with E-state index in [4.69, 9.17) is 4.98 Å². The molecule has 196 valence electrons. The first-order valence-corrected chi connectivity index (χ1v) is 13.3. The highest BCUT2D eigenvalue weighted by Gasteiger charge is 2.18. The summed E-state index contributed by atoms with van der Waals surface area (Å²) in [6.07, 6.45) is 0. The minimum atomic E-state index is -0.495. The first-order chi connectivity index (χ1) is 20.1. The molecule has 0 fully saturated rings. The topological polar surface area (TPSA) is 84.8 Å². The van der Waals surface area contributed by atoms with E-state index in [0.717, 1.165) is 38.5 Å². The van der Waals surface area contributed by atoms with Gasteiger partial charge in [0.1, 0.15) is 0 Å². The molecule has 6 heteroatoms. The van der Waals surface area contributed by atoms with E-state index in [9.17, 15) is 14.4 Å². The number of hydrogen-bond donors (Lipinski definition) is 1. The van der Waals surface area contributed by atoms with Gasteiger partial charge in [0.2, 0.25) is 0 Å². The molecule has 6 nitrogen and oxygen atoms in total. The second-order valence-corrected chi connectivity index (χ2v) is 10.00. The Balaban J connectivity index is 1.34. The van der Waals surface area contributed by atoms with Crippen LogP contribution in [0.5, 0.6) is 0 Å². The number of carbonyl (C=O) groups excluding carboxylic acids is 1. The lowest BCUT2D eigenvalue weighted by atomic mass is 9.93. The van der Waals surface area contributed by atoms with Crippen LogP contribution in [0.3, 0.4) is 0 Å². The van der Waals surface area contributed by atoms with Crippen molar-refractivity contribution in [2.24, 2.45) is 0 Å². The summed E-state index contributed by atoms with van der Waals surface area (Å²) in [4.78, 5) is 46.4. The predicted molar refractivity (Wildman–Crippen MR) is 162 cm³/mol. The number of nitrogens with one attached hydrogen (secondary N) is 1. The summed E-state index contributed by atoms with van der Waals surface area (Å²) in [6.45, 7) is 0.205. The van der Waals surface area contributed by atoms with Crippen LogP contribution < -0.4 is 11.2 Å². The van der Waals surface area contributed by atoms with Gasteiger partial charge in [0, 0.05) is 27.5 Å². The third-order valence-electron chi connectivity index (χ3n) is 7.45. The Hall–Kier alpha value is -5.62. The minimum absolute atomic E-state index is 0.132. The van der Waals surface area contributed by atoms with E-state index >= 15 is 0 Å². The predicted octanol–water partition coefficient (Wildman–Crippen LogP) is 6.34. The molecule has 0 bridgehead atoms. The van der Waals surface area contributed by atoms with Gasteiger partial charge in [-0.15, -0.1) is 0 Å². The second kappa shape index (κ2) is 9.84. The maximum atomic E-state index is 14.0. The number of aromatic nitrogens is 3. The zero-order chi connectivity index (χ0) is 27.9. The van der Waals surface area contributed by atoms with Crippen molar-refractivity contribution < 1.29 is 4.79 Å². The molecule has 0 spiro atoms. The van der Waals surface area contributed by atoms with Crippen LogP contribution >= 0.6 is 0 Å². The summed E-state index contributed by atoms with van der Waals surface area (Å²) in [5.74, 6) is -0.132. The number of carbonyl (C=O) groups is 1. The molecule has 0 saturated carbocycles. The van der Waals surface area contributed by atoms with Crippen LogP contribution in [0, 0.1) is 0 Å². The molecular formula is C35H23N3O3. The Morgan fingerprint density at radius 2 is 1.51 bits per heavy atom. The van der Waals surface area contributed by atoms with Gasteiger partial charge >= 0.3 is 5.69 Å². The van der Waals surface area contributed by atoms with E-state index in [0.29, 0.717) is 22.0 Å². The highest BCUT2D eigenvalue weighted by molar-refractivity contribution is 6.19. The molecule has 5 aromatic carbocycles. The zero-order valence-electron chi connectivity index (χ0n) is 21.9. The third kappa shape index (κ3) is 4.32. The van der Waals surface area contributed by atoms with Gasteiger partial charge in [-0.1, -0.05) is 84.9 Å². The van der Waals surface area contributed by atoms with Crippen molar-refractivity contribution in [2.45, 2.75) is 6.54 Å². The number of rotatable bonds is 5. The molecule has 0 atom stereocenters. The molecule has 0 aliphatic carbocycles. The Morgan fingerprint density at radius 1 is 0.732 bits per heavy atom. The number of H-pyrrole nitrogens is 1. The maximum Gasteiger partial charge on any atom is 0.329 e. The van der Waals surface area contributed by atoms with Crippen LogP contribution in [0.4, 0.5) is 0 Å². The average Bonchev–Trinajstić information content (AvgIpc) is 3.02. The smallest absolute Gasteiger partial charge is 0.289 e. The average molecular weight is 534 g/mol. The molecule has 0 aliphatic rings. The molecule has 1 N–H and O–H groups in total. The Bertz CT molecular complexity index is 2250. The molecule has 0 radical (unpaired) electrons. The van der Waals surface area contributed by atoms with Crippen molar-refractivity contribution in [3.8, 4) is 11.1 Å². The molecule has 7 aromatic rings. The van der Waals surface area contributed by atoms with Crippen LogP contribution in [-0.4, -0.2) is 20.3 Å². The minimum Gasteiger partial charge on any atom is -0.289 e. The third-order valence-corrected chi connectivity index (χ3v) is 7.45. The first-order valence-electron chi connectivity index (χ1n) is 13.3. The fourth-order valence-electron chi connectivity index (χ4n) is 5.46. The van der Waals surface area contributed by atoms with Crippen molar-refractivity contribution in [3.05, 3.63) is 159 Å². The van der Waals surface area contributed by atoms with E-state index in [-0.39, 0.29) is 12.3 Å². The fourth-order valence-corrected chi connectivity index (χ4v) is 5.46. The SMILES string of the molecule is O=C(c1cccc(Cn2c(=O)[nH]c(=O)c3ccccc32)c1)c1ccc(-c2ccccc2)c2nc3ccccc3cc12. The number of benzene rings is 5. The number of aromatic amines is 1. The van der Waals surface area contributed by atoms with Crippen LogP contribution in [0.1, 0.15) is 21.5 Å².